The van der Waals surface area contributed by atoms with Crippen LogP contribution in [-0.2, 0) is 4.79 Å². The summed E-state index contributed by atoms with van der Waals surface area (Å²) in [5.41, 5.74) is 6.15. The number of para-hydroxylation sites is 1. The van der Waals surface area contributed by atoms with Crippen molar-refractivity contribution in [1.82, 2.24) is 20.4 Å². The van der Waals surface area contributed by atoms with E-state index < -0.39 is 11.8 Å². The highest BCUT2D eigenvalue weighted by Gasteiger charge is 2.14. The number of hydrazine groups is 1. The second-order valence-electron chi connectivity index (χ2n) is 5.41. The molecular formula is C19H15N5O3. The fourth-order valence-corrected chi connectivity index (χ4v) is 2.26. The predicted octanol–water partition coefficient (Wildman–Crippen LogP) is 1.58. The molecule has 134 valence electrons. The van der Waals surface area contributed by atoms with E-state index in [9.17, 15) is 9.59 Å². The Morgan fingerprint density at radius 3 is 2.52 bits per heavy atom. The minimum Gasteiger partial charge on any atom is -0.484 e. The summed E-state index contributed by atoms with van der Waals surface area (Å²) in [6, 6.07) is 17.6. The number of amides is 2. The zero-order valence-corrected chi connectivity index (χ0v) is 14.1. The summed E-state index contributed by atoms with van der Waals surface area (Å²) in [4.78, 5) is 28.1. The van der Waals surface area contributed by atoms with E-state index in [1.807, 2.05) is 36.4 Å². The molecule has 0 saturated carbocycles. The number of rotatable bonds is 5. The number of nitrogens with zero attached hydrogens (tertiary/aromatic N) is 3. The lowest BCUT2D eigenvalue weighted by Gasteiger charge is -2.10. The SMILES string of the molecule is N#Cc1ccc(OCC(=O)NNC(=O)c2cncn2-c2ccccc2)cc1. The molecule has 2 N–H and O–H groups in total. The number of carbonyl (C=O) groups excluding carboxylic acids is 2. The molecule has 0 aliphatic carbocycles. The van der Waals surface area contributed by atoms with Gasteiger partial charge in [0.05, 0.1) is 24.2 Å². The van der Waals surface area contributed by atoms with E-state index in [0.717, 1.165) is 5.69 Å². The summed E-state index contributed by atoms with van der Waals surface area (Å²) in [5, 5.41) is 8.74. The Labute approximate surface area is 155 Å². The van der Waals surface area contributed by atoms with Crippen molar-refractivity contribution in [1.29, 1.82) is 5.26 Å². The number of nitriles is 1. The van der Waals surface area contributed by atoms with Crippen molar-refractivity contribution >= 4 is 11.8 Å². The molecule has 0 aliphatic heterocycles. The maximum absolute atomic E-state index is 12.3. The van der Waals surface area contributed by atoms with Gasteiger partial charge in [0.15, 0.2) is 6.61 Å². The third kappa shape index (κ3) is 4.49. The number of nitrogens with one attached hydrogen (secondary N) is 2. The first-order chi connectivity index (χ1) is 13.2. The maximum atomic E-state index is 12.3. The largest absolute Gasteiger partial charge is 0.484 e. The Bertz CT molecular complexity index is 975. The molecule has 8 nitrogen and oxygen atoms in total. The van der Waals surface area contributed by atoms with E-state index in [-0.39, 0.29) is 12.3 Å². The first-order valence-corrected chi connectivity index (χ1v) is 7.97. The van der Waals surface area contributed by atoms with Crippen LogP contribution in [0.25, 0.3) is 5.69 Å². The molecule has 8 heteroatoms. The zero-order valence-electron chi connectivity index (χ0n) is 14.1. The monoisotopic (exact) mass is 361 g/mol. The molecule has 3 rings (SSSR count). The molecular weight excluding hydrogens is 346 g/mol. The van der Waals surface area contributed by atoms with E-state index in [1.165, 1.54) is 12.5 Å². The average molecular weight is 361 g/mol. The number of hydrogen-bond donors (Lipinski definition) is 2. The van der Waals surface area contributed by atoms with E-state index in [4.69, 9.17) is 10.00 Å². The standard InChI is InChI=1S/C19H15N5O3/c20-10-14-6-8-16(9-7-14)27-12-18(25)22-23-19(26)17-11-21-13-24(17)15-4-2-1-3-5-15/h1-9,11,13H,12H2,(H,22,25)(H,23,26). The summed E-state index contributed by atoms with van der Waals surface area (Å²) in [7, 11) is 0. The van der Waals surface area contributed by atoms with Crippen LogP contribution in [0.1, 0.15) is 16.1 Å². The van der Waals surface area contributed by atoms with Crippen molar-refractivity contribution in [3.63, 3.8) is 0 Å². The van der Waals surface area contributed by atoms with Gasteiger partial charge in [-0.2, -0.15) is 5.26 Å². The maximum Gasteiger partial charge on any atom is 0.288 e. The number of benzene rings is 2. The molecule has 0 radical (unpaired) electrons. The molecule has 0 spiro atoms. The third-order valence-electron chi connectivity index (χ3n) is 3.57. The van der Waals surface area contributed by atoms with E-state index >= 15 is 0 Å². The average Bonchev–Trinajstić information content (AvgIpc) is 3.21. The molecule has 2 amide bonds. The van der Waals surface area contributed by atoms with Crippen molar-refractivity contribution in [3.8, 4) is 17.5 Å². The van der Waals surface area contributed by atoms with Gasteiger partial charge in [0, 0.05) is 5.69 Å². The van der Waals surface area contributed by atoms with Gasteiger partial charge in [-0.15, -0.1) is 0 Å². The lowest BCUT2D eigenvalue weighted by atomic mass is 10.2. The fraction of sp³-hybridized carbons (Fsp3) is 0.0526. The summed E-state index contributed by atoms with van der Waals surface area (Å²) in [6.45, 7) is -0.288. The van der Waals surface area contributed by atoms with Crippen LogP contribution in [0.3, 0.4) is 0 Å². The first kappa shape index (κ1) is 17.7. The van der Waals surface area contributed by atoms with Gasteiger partial charge in [0.1, 0.15) is 11.4 Å². The number of imidazole rings is 1. The number of aromatic nitrogens is 2. The smallest absolute Gasteiger partial charge is 0.288 e. The van der Waals surface area contributed by atoms with Gasteiger partial charge in [-0.25, -0.2) is 4.98 Å². The second kappa shape index (κ2) is 8.31. The first-order valence-electron chi connectivity index (χ1n) is 7.97. The number of ether oxygens (including phenoxy) is 1. The molecule has 3 aromatic rings. The van der Waals surface area contributed by atoms with Crippen LogP contribution in [0.4, 0.5) is 0 Å². The van der Waals surface area contributed by atoms with Crippen LogP contribution in [0, 0.1) is 11.3 Å². The second-order valence-corrected chi connectivity index (χ2v) is 5.41. The molecule has 0 saturated heterocycles. The van der Waals surface area contributed by atoms with E-state index in [0.29, 0.717) is 11.3 Å². The van der Waals surface area contributed by atoms with E-state index in [2.05, 4.69) is 15.8 Å². The van der Waals surface area contributed by atoms with Gasteiger partial charge in [0.25, 0.3) is 11.8 Å². The Hall–Kier alpha value is -4.12. The van der Waals surface area contributed by atoms with E-state index in [1.54, 1.807) is 28.8 Å². The van der Waals surface area contributed by atoms with Crippen molar-refractivity contribution in [2.24, 2.45) is 0 Å². The predicted molar refractivity (Wildman–Crippen MR) is 95.8 cm³/mol. The van der Waals surface area contributed by atoms with Crippen molar-refractivity contribution in [2.75, 3.05) is 6.61 Å². The highest BCUT2D eigenvalue weighted by molar-refractivity contribution is 5.94. The molecule has 27 heavy (non-hydrogen) atoms. The van der Waals surface area contributed by atoms with Gasteiger partial charge in [-0.1, -0.05) is 18.2 Å². The van der Waals surface area contributed by atoms with Gasteiger partial charge >= 0.3 is 0 Å². The lowest BCUT2D eigenvalue weighted by Crippen LogP contribution is -2.44. The molecule has 1 heterocycles. The molecule has 2 aromatic carbocycles. The Morgan fingerprint density at radius 1 is 1.07 bits per heavy atom. The quantitative estimate of drug-likeness (QED) is 0.671. The minimum absolute atomic E-state index is 0.273. The van der Waals surface area contributed by atoms with Gasteiger partial charge < -0.3 is 4.74 Å². The molecule has 0 fully saturated rings. The highest BCUT2D eigenvalue weighted by atomic mass is 16.5. The summed E-state index contributed by atoms with van der Waals surface area (Å²) in [6.07, 6.45) is 2.92. The summed E-state index contributed by atoms with van der Waals surface area (Å²) >= 11 is 0. The fourth-order valence-electron chi connectivity index (χ4n) is 2.26. The normalized spacial score (nSPS) is 9.89. The molecule has 0 aliphatic rings. The minimum atomic E-state index is -0.529. The molecule has 0 atom stereocenters. The number of carbonyl (C=O) groups is 2. The van der Waals surface area contributed by atoms with Crippen LogP contribution < -0.4 is 15.6 Å². The van der Waals surface area contributed by atoms with Gasteiger partial charge in [0.2, 0.25) is 0 Å². The third-order valence-corrected chi connectivity index (χ3v) is 3.57. The highest BCUT2D eigenvalue weighted by Crippen LogP contribution is 2.11. The van der Waals surface area contributed by atoms with Crippen LogP contribution in [-0.4, -0.2) is 28.0 Å². The Balaban J connectivity index is 1.53. The van der Waals surface area contributed by atoms with Crippen LogP contribution >= 0.6 is 0 Å². The molecule has 0 bridgehead atoms. The van der Waals surface area contributed by atoms with Gasteiger partial charge in [-0.3, -0.25) is 25.0 Å². The van der Waals surface area contributed by atoms with Crippen molar-refractivity contribution in [3.05, 3.63) is 78.4 Å². The summed E-state index contributed by atoms with van der Waals surface area (Å²) < 4.78 is 6.90. The van der Waals surface area contributed by atoms with Crippen molar-refractivity contribution in [2.45, 2.75) is 0 Å². The van der Waals surface area contributed by atoms with Crippen LogP contribution in [0.2, 0.25) is 0 Å². The zero-order chi connectivity index (χ0) is 19.1. The molecule has 0 unspecified atom stereocenters. The topological polar surface area (TPSA) is 109 Å². The van der Waals surface area contributed by atoms with Crippen LogP contribution in [0.5, 0.6) is 5.75 Å². The summed E-state index contributed by atoms with van der Waals surface area (Å²) in [5.74, 6) is -0.598. The van der Waals surface area contributed by atoms with Gasteiger partial charge in [-0.05, 0) is 36.4 Å². The Kier molecular flexibility index (Phi) is 5.45. The lowest BCUT2D eigenvalue weighted by molar-refractivity contribution is -0.123. The van der Waals surface area contributed by atoms with Crippen molar-refractivity contribution < 1.29 is 14.3 Å². The number of hydrogen-bond acceptors (Lipinski definition) is 5. The Morgan fingerprint density at radius 2 is 1.81 bits per heavy atom. The van der Waals surface area contributed by atoms with Crippen LogP contribution in [0.15, 0.2) is 67.1 Å². The molecule has 1 aromatic heterocycles.